The molecule has 0 aromatic carbocycles. The third-order valence-corrected chi connectivity index (χ3v) is 5.12. The van der Waals surface area contributed by atoms with Crippen molar-refractivity contribution in [1.29, 1.82) is 0 Å². The first-order valence-corrected chi connectivity index (χ1v) is 8.86. The second kappa shape index (κ2) is 10.1. The number of halogens is 1. The number of amides is 2. The van der Waals surface area contributed by atoms with Gasteiger partial charge in [0.05, 0.1) is 0 Å². The molecule has 2 rings (SSSR count). The van der Waals surface area contributed by atoms with Crippen molar-refractivity contribution in [3.8, 4) is 0 Å². The van der Waals surface area contributed by atoms with E-state index in [4.69, 9.17) is 0 Å². The average molecular weight is 346 g/mol. The van der Waals surface area contributed by atoms with E-state index >= 15 is 0 Å². The van der Waals surface area contributed by atoms with E-state index in [2.05, 4.69) is 22.9 Å². The number of carbonyl (C=O) groups is 2. The summed E-state index contributed by atoms with van der Waals surface area (Å²) in [6.07, 6.45) is 7.72. The third kappa shape index (κ3) is 6.68. The minimum absolute atomic E-state index is 0. The lowest BCUT2D eigenvalue weighted by Crippen LogP contribution is -2.54. The molecule has 2 aliphatic rings. The molecule has 134 valence electrons. The highest BCUT2D eigenvalue weighted by atomic mass is 35.5. The summed E-state index contributed by atoms with van der Waals surface area (Å²) < 4.78 is 0. The van der Waals surface area contributed by atoms with Crippen LogP contribution in [0.3, 0.4) is 0 Å². The molecule has 1 aliphatic heterocycles. The van der Waals surface area contributed by atoms with Gasteiger partial charge in [-0.25, -0.2) is 0 Å². The Balaban J connectivity index is 0.00000264. The van der Waals surface area contributed by atoms with Crippen molar-refractivity contribution in [1.82, 2.24) is 16.0 Å². The van der Waals surface area contributed by atoms with Crippen LogP contribution >= 0.6 is 12.4 Å². The molecule has 0 bridgehead atoms. The van der Waals surface area contributed by atoms with Gasteiger partial charge in [-0.15, -0.1) is 12.4 Å². The van der Waals surface area contributed by atoms with E-state index in [1.165, 1.54) is 19.3 Å². The fourth-order valence-electron chi connectivity index (χ4n) is 3.51. The second-order valence-electron chi connectivity index (χ2n) is 7.08. The van der Waals surface area contributed by atoms with E-state index in [-0.39, 0.29) is 30.3 Å². The van der Waals surface area contributed by atoms with Crippen molar-refractivity contribution in [2.75, 3.05) is 13.1 Å². The van der Waals surface area contributed by atoms with Crippen LogP contribution in [-0.4, -0.2) is 37.0 Å². The summed E-state index contributed by atoms with van der Waals surface area (Å²) >= 11 is 0. The zero-order chi connectivity index (χ0) is 15.9. The Morgan fingerprint density at radius 1 is 1.17 bits per heavy atom. The van der Waals surface area contributed by atoms with E-state index in [1.54, 1.807) is 6.92 Å². The van der Waals surface area contributed by atoms with Crippen LogP contribution in [0.4, 0.5) is 0 Å². The zero-order valence-electron chi connectivity index (χ0n) is 14.4. The first kappa shape index (κ1) is 20.2. The maximum absolute atomic E-state index is 12.2. The van der Waals surface area contributed by atoms with Gasteiger partial charge >= 0.3 is 0 Å². The molecule has 3 N–H and O–H groups in total. The molecule has 1 heterocycles. The third-order valence-electron chi connectivity index (χ3n) is 5.12. The van der Waals surface area contributed by atoms with Gasteiger partial charge in [0.15, 0.2) is 0 Å². The lowest BCUT2D eigenvalue weighted by atomic mass is 9.87. The summed E-state index contributed by atoms with van der Waals surface area (Å²) in [7, 11) is 0. The minimum Gasteiger partial charge on any atom is -0.350 e. The first-order chi connectivity index (χ1) is 10.6. The number of piperidine rings is 1. The van der Waals surface area contributed by atoms with Crippen LogP contribution in [0.15, 0.2) is 0 Å². The number of hydrogen-bond donors (Lipinski definition) is 3. The van der Waals surface area contributed by atoms with Gasteiger partial charge in [0, 0.05) is 19.0 Å². The highest BCUT2D eigenvalue weighted by Gasteiger charge is 2.26. The Hall–Kier alpha value is -0.810. The first-order valence-electron chi connectivity index (χ1n) is 8.86. The lowest BCUT2D eigenvalue weighted by molar-refractivity contribution is -0.129. The van der Waals surface area contributed by atoms with Crippen molar-refractivity contribution < 1.29 is 9.59 Å². The summed E-state index contributed by atoms with van der Waals surface area (Å²) in [6, 6.07) is -0.288. The topological polar surface area (TPSA) is 70.2 Å². The zero-order valence-corrected chi connectivity index (χ0v) is 15.2. The van der Waals surface area contributed by atoms with Crippen molar-refractivity contribution in [3.63, 3.8) is 0 Å². The largest absolute Gasteiger partial charge is 0.350 e. The Morgan fingerprint density at radius 3 is 2.52 bits per heavy atom. The summed E-state index contributed by atoms with van der Waals surface area (Å²) in [5, 5.41) is 9.22. The van der Waals surface area contributed by atoms with Gasteiger partial charge < -0.3 is 16.0 Å². The molecule has 3 atom stereocenters. The van der Waals surface area contributed by atoms with Crippen LogP contribution in [0.1, 0.15) is 58.8 Å². The molecular formula is C17H32ClN3O2. The normalized spacial score (nSPS) is 26.7. The van der Waals surface area contributed by atoms with E-state index in [0.29, 0.717) is 18.3 Å². The van der Waals surface area contributed by atoms with Crippen LogP contribution in [-0.2, 0) is 9.59 Å². The molecule has 6 heteroatoms. The molecule has 0 spiro atoms. The van der Waals surface area contributed by atoms with Crippen LogP contribution in [0, 0.1) is 11.8 Å². The lowest BCUT2D eigenvalue weighted by Gasteiger charge is -2.31. The molecule has 23 heavy (non-hydrogen) atoms. The quantitative estimate of drug-likeness (QED) is 0.713. The standard InChI is InChI=1S/C17H31N3O2.ClH/c1-12-8-9-18-11-15(12)20-17(22)13(2)19-16(21)10-14-6-4-3-5-7-14;/h12-15,18H,3-11H2,1-2H3,(H,19,21)(H,20,22);1H. The minimum atomic E-state index is -0.454. The molecule has 5 nitrogen and oxygen atoms in total. The summed E-state index contributed by atoms with van der Waals surface area (Å²) in [6.45, 7) is 5.77. The molecule has 1 saturated heterocycles. The maximum Gasteiger partial charge on any atom is 0.242 e. The fourth-order valence-corrected chi connectivity index (χ4v) is 3.51. The highest BCUT2D eigenvalue weighted by molar-refractivity contribution is 5.87. The number of carbonyl (C=O) groups excluding carboxylic acids is 2. The predicted octanol–water partition coefficient (Wildman–Crippen LogP) is 2.00. The van der Waals surface area contributed by atoms with Gasteiger partial charge in [-0.05, 0) is 44.6 Å². The predicted molar refractivity (Wildman–Crippen MR) is 94.6 cm³/mol. The van der Waals surface area contributed by atoms with Crippen molar-refractivity contribution in [2.24, 2.45) is 11.8 Å². The Labute approximate surface area is 146 Å². The summed E-state index contributed by atoms with van der Waals surface area (Å²) in [4.78, 5) is 24.3. The SMILES string of the molecule is CC(NC(=O)CC1CCCCC1)C(=O)NC1CNCCC1C.Cl. The van der Waals surface area contributed by atoms with Crippen LogP contribution in [0.25, 0.3) is 0 Å². The molecule has 0 aromatic rings. The molecule has 3 unspecified atom stereocenters. The summed E-state index contributed by atoms with van der Waals surface area (Å²) in [5.74, 6) is 0.934. The van der Waals surface area contributed by atoms with Gasteiger partial charge in [0.25, 0.3) is 0 Å². The van der Waals surface area contributed by atoms with Crippen LogP contribution < -0.4 is 16.0 Å². The number of hydrogen-bond acceptors (Lipinski definition) is 3. The molecule has 2 amide bonds. The highest BCUT2D eigenvalue weighted by Crippen LogP contribution is 2.26. The Kier molecular flexibility index (Phi) is 8.92. The monoisotopic (exact) mass is 345 g/mol. The molecule has 0 aromatic heterocycles. The fraction of sp³-hybridized carbons (Fsp3) is 0.882. The van der Waals surface area contributed by atoms with Crippen LogP contribution in [0.5, 0.6) is 0 Å². The van der Waals surface area contributed by atoms with E-state index in [0.717, 1.165) is 32.4 Å². The Morgan fingerprint density at radius 2 is 1.87 bits per heavy atom. The van der Waals surface area contributed by atoms with Gasteiger partial charge in [0.2, 0.25) is 11.8 Å². The smallest absolute Gasteiger partial charge is 0.242 e. The van der Waals surface area contributed by atoms with E-state index in [1.807, 2.05) is 0 Å². The second-order valence-corrected chi connectivity index (χ2v) is 7.08. The molecule has 0 radical (unpaired) electrons. The average Bonchev–Trinajstić information content (AvgIpc) is 2.50. The van der Waals surface area contributed by atoms with Gasteiger partial charge in [-0.3, -0.25) is 9.59 Å². The Bertz CT molecular complexity index is 386. The van der Waals surface area contributed by atoms with Crippen molar-refractivity contribution >= 4 is 24.2 Å². The van der Waals surface area contributed by atoms with E-state index < -0.39 is 6.04 Å². The van der Waals surface area contributed by atoms with Gasteiger partial charge in [0.1, 0.15) is 6.04 Å². The van der Waals surface area contributed by atoms with Crippen molar-refractivity contribution in [2.45, 2.75) is 70.9 Å². The maximum atomic E-state index is 12.2. The molecule has 1 saturated carbocycles. The van der Waals surface area contributed by atoms with Gasteiger partial charge in [-0.2, -0.15) is 0 Å². The van der Waals surface area contributed by atoms with Gasteiger partial charge in [-0.1, -0.05) is 26.2 Å². The van der Waals surface area contributed by atoms with Crippen LogP contribution in [0.2, 0.25) is 0 Å². The molecule has 2 fully saturated rings. The molecular weight excluding hydrogens is 314 g/mol. The van der Waals surface area contributed by atoms with E-state index in [9.17, 15) is 9.59 Å². The molecule has 1 aliphatic carbocycles. The van der Waals surface area contributed by atoms with Crippen molar-refractivity contribution in [3.05, 3.63) is 0 Å². The summed E-state index contributed by atoms with van der Waals surface area (Å²) in [5.41, 5.74) is 0. The number of rotatable bonds is 5. The number of nitrogens with one attached hydrogen (secondary N) is 3.